The van der Waals surface area contributed by atoms with Gasteiger partial charge in [-0.15, -0.1) is 0 Å². The Balaban J connectivity index is 1.57. The minimum absolute atomic E-state index is 0.00955. The lowest BCUT2D eigenvalue weighted by molar-refractivity contribution is -0.119. The van der Waals surface area contributed by atoms with Crippen molar-refractivity contribution in [3.05, 3.63) is 46.6 Å². The summed E-state index contributed by atoms with van der Waals surface area (Å²) in [5.74, 6) is 1.47. The van der Waals surface area contributed by atoms with Gasteiger partial charge in [0.15, 0.2) is 17.3 Å². The van der Waals surface area contributed by atoms with Crippen molar-refractivity contribution in [2.75, 3.05) is 20.8 Å². The molecule has 38 heavy (non-hydrogen) atoms. The summed E-state index contributed by atoms with van der Waals surface area (Å²) in [6.07, 6.45) is 6.34. The number of methoxy groups -OCH3 is 2. The van der Waals surface area contributed by atoms with E-state index in [4.69, 9.17) is 19.2 Å². The molecule has 0 amide bonds. The number of Topliss-reactive ketones (excluding diaryl/α,β-unsaturated/α-hetero) is 1. The monoisotopic (exact) mass is 517 g/mol. The lowest BCUT2D eigenvalue weighted by Gasteiger charge is -2.39. The van der Waals surface area contributed by atoms with E-state index in [0.717, 1.165) is 24.9 Å². The van der Waals surface area contributed by atoms with Crippen LogP contribution in [0.2, 0.25) is 0 Å². The van der Waals surface area contributed by atoms with Gasteiger partial charge in [0.2, 0.25) is 5.88 Å². The van der Waals surface area contributed by atoms with Gasteiger partial charge in [0, 0.05) is 31.0 Å². The number of nitrogens with zero attached hydrogens (tertiary/aromatic N) is 3. The maximum atomic E-state index is 13.5. The predicted molar refractivity (Wildman–Crippen MR) is 146 cm³/mol. The van der Waals surface area contributed by atoms with E-state index < -0.39 is 5.92 Å². The molecule has 0 aromatic heterocycles. The van der Waals surface area contributed by atoms with Gasteiger partial charge in [0.25, 0.3) is 0 Å². The minimum Gasteiger partial charge on any atom is -0.493 e. The molecule has 2 bridgehead atoms. The average molecular weight is 518 g/mol. The summed E-state index contributed by atoms with van der Waals surface area (Å²) in [5, 5.41) is 10.4. The second-order valence-corrected chi connectivity index (χ2v) is 13.4. The van der Waals surface area contributed by atoms with Gasteiger partial charge in [-0.05, 0) is 53.2 Å². The Hall–Kier alpha value is -3.27. The second kappa shape index (κ2) is 9.18. The molecule has 0 N–H and O–H groups in total. The third-order valence-electron chi connectivity index (χ3n) is 8.55. The van der Waals surface area contributed by atoms with Crippen LogP contribution in [0.4, 0.5) is 0 Å². The normalized spacial score (nSPS) is 29.7. The fourth-order valence-corrected chi connectivity index (χ4v) is 7.47. The number of hydrogen-bond donors (Lipinski definition) is 0. The molecule has 7 nitrogen and oxygen atoms in total. The van der Waals surface area contributed by atoms with Crippen molar-refractivity contribution in [2.24, 2.45) is 21.2 Å². The average Bonchev–Trinajstić information content (AvgIpc) is 3.07. The topological polar surface area (TPSA) is 84.1 Å². The number of carbonyl (C=O) groups excluding carboxylic acids is 1. The van der Waals surface area contributed by atoms with Crippen LogP contribution in [0.5, 0.6) is 11.5 Å². The Morgan fingerprint density at radius 3 is 2.50 bits per heavy atom. The number of carbonyl (C=O) groups is 1. The summed E-state index contributed by atoms with van der Waals surface area (Å²) >= 11 is 0. The Morgan fingerprint density at radius 2 is 1.82 bits per heavy atom. The molecule has 1 aromatic carbocycles. The molecule has 1 saturated heterocycles. The third-order valence-corrected chi connectivity index (χ3v) is 8.55. The van der Waals surface area contributed by atoms with Crippen molar-refractivity contribution >= 4 is 12.1 Å². The van der Waals surface area contributed by atoms with Crippen LogP contribution in [0.15, 0.2) is 46.0 Å². The second-order valence-electron chi connectivity index (χ2n) is 13.4. The molecule has 3 unspecified atom stereocenters. The molecule has 2 aliphatic heterocycles. The lowest BCUT2D eigenvalue weighted by atomic mass is 9.65. The number of ketones is 1. The van der Waals surface area contributed by atoms with Crippen LogP contribution in [0.1, 0.15) is 78.2 Å². The zero-order valence-corrected chi connectivity index (χ0v) is 23.7. The number of rotatable bonds is 5. The van der Waals surface area contributed by atoms with Gasteiger partial charge in [0.05, 0.1) is 26.5 Å². The van der Waals surface area contributed by atoms with E-state index >= 15 is 0 Å². The van der Waals surface area contributed by atoms with Crippen LogP contribution in [-0.2, 0) is 9.53 Å². The van der Waals surface area contributed by atoms with Crippen LogP contribution in [0, 0.1) is 27.6 Å². The summed E-state index contributed by atoms with van der Waals surface area (Å²) in [4.78, 5) is 20.6. The van der Waals surface area contributed by atoms with Gasteiger partial charge in [-0.25, -0.2) is 4.99 Å². The van der Waals surface area contributed by atoms with E-state index in [2.05, 4.69) is 45.6 Å². The zero-order chi connectivity index (χ0) is 27.5. The van der Waals surface area contributed by atoms with E-state index in [9.17, 15) is 10.1 Å². The van der Waals surface area contributed by atoms with Gasteiger partial charge in [-0.1, -0.05) is 40.7 Å². The van der Waals surface area contributed by atoms with Gasteiger partial charge in [0.1, 0.15) is 17.4 Å². The standard InChI is InChI=1S/C31H39N3O4/c1-29(2)13-22(35)27-25(14-29)38-28(33-18-34-17-31(5)12-20(34)11-30(3,4)16-31)21(15-32)26(27)19-8-9-23(36-6)24(10-19)37-7/h8-10,18,20,26H,11-14,16-17H2,1-7H3. The third kappa shape index (κ3) is 4.70. The lowest BCUT2D eigenvalue weighted by Crippen LogP contribution is -2.34. The number of fused-ring (bicyclic) bond motifs is 2. The van der Waals surface area contributed by atoms with Crippen molar-refractivity contribution in [1.29, 1.82) is 5.26 Å². The van der Waals surface area contributed by atoms with Gasteiger partial charge in [-0.3, -0.25) is 4.79 Å². The molecule has 0 radical (unpaired) electrons. The molecule has 5 rings (SSSR count). The van der Waals surface area contributed by atoms with Crippen LogP contribution in [0.25, 0.3) is 0 Å². The van der Waals surface area contributed by atoms with E-state index in [1.807, 2.05) is 24.5 Å². The molecule has 1 aromatic rings. The molecule has 0 spiro atoms. The van der Waals surface area contributed by atoms with E-state index in [-0.39, 0.29) is 22.5 Å². The quantitative estimate of drug-likeness (QED) is 0.345. The molecular weight excluding hydrogens is 478 g/mol. The highest BCUT2D eigenvalue weighted by Crippen LogP contribution is 2.53. The fourth-order valence-electron chi connectivity index (χ4n) is 7.47. The van der Waals surface area contributed by atoms with Crippen molar-refractivity contribution in [1.82, 2.24) is 4.90 Å². The number of nitriles is 1. The Labute approximate surface area is 226 Å². The van der Waals surface area contributed by atoms with Crippen molar-refractivity contribution in [2.45, 2.75) is 78.7 Å². The van der Waals surface area contributed by atoms with Crippen molar-refractivity contribution in [3.8, 4) is 17.6 Å². The largest absolute Gasteiger partial charge is 0.493 e. The Morgan fingerprint density at radius 1 is 1.08 bits per heavy atom. The van der Waals surface area contributed by atoms with Crippen LogP contribution in [-0.4, -0.2) is 43.8 Å². The maximum Gasteiger partial charge on any atom is 0.235 e. The number of benzene rings is 1. The first kappa shape index (κ1) is 26.3. The van der Waals surface area contributed by atoms with Gasteiger partial charge >= 0.3 is 0 Å². The Bertz CT molecular complexity index is 1300. The molecule has 3 atom stereocenters. The number of likely N-dealkylation sites (tertiary alicyclic amines) is 1. The van der Waals surface area contributed by atoms with Crippen molar-refractivity contribution in [3.63, 3.8) is 0 Å². The number of hydrogen-bond acceptors (Lipinski definition) is 6. The molecule has 1 saturated carbocycles. The highest BCUT2D eigenvalue weighted by Gasteiger charge is 2.49. The maximum absolute atomic E-state index is 13.5. The summed E-state index contributed by atoms with van der Waals surface area (Å²) in [7, 11) is 3.16. The predicted octanol–water partition coefficient (Wildman–Crippen LogP) is 6.12. The molecule has 2 aliphatic carbocycles. The van der Waals surface area contributed by atoms with E-state index in [1.165, 1.54) is 6.42 Å². The fraction of sp³-hybridized carbons (Fsp3) is 0.581. The number of allylic oxidation sites excluding steroid dienone is 3. The minimum atomic E-state index is -0.575. The summed E-state index contributed by atoms with van der Waals surface area (Å²) in [6, 6.07) is 8.32. The first-order valence-electron chi connectivity index (χ1n) is 13.5. The van der Waals surface area contributed by atoms with E-state index in [0.29, 0.717) is 52.7 Å². The first-order chi connectivity index (χ1) is 17.9. The summed E-state index contributed by atoms with van der Waals surface area (Å²) in [5.41, 5.74) is 2.00. The smallest absolute Gasteiger partial charge is 0.235 e. The summed E-state index contributed by atoms with van der Waals surface area (Å²) < 4.78 is 17.3. The van der Waals surface area contributed by atoms with Gasteiger partial charge in [-0.2, -0.15) is 5.26 Å². The van der Waals surface area contributed by atoms with Crippen LogP contribution < -0.4 is 9.47 Å². The SMILES string of the molecule is COc1ccc(C2C(C#N)=C(N=CN3CC4(C)CC3CC(C)(C)C4)OC3=C2C(=O)CC(C)(C)C3)cc1OC. The molecule has 7 heteroatoms. The highest BCUT2D eigenvalue weighted by atomic mass is 16.5. The molecule has 2 fully saturated rings. The Kier molecular flexibility index (Phi) is 6.37. The molecule has 4 aliphatic rings. The zero-order valence-electron chi connectivity index (χ0n) is 23.7. The van der Waals surface area contributed by atoms with Gasteiger partial charge < -0.3 is 19.1 Å². The molecule has 202 valence electrons. The molecular formula is C31H39N3O4. The number of aliphatic imine (C=N–C) groups is 1. The van der Waals surface area contributed by atoms with Crippen molar-refractivity contribution < 1.29 is 19.0 Å². The van der Waals surface area contributed by atoms with Crippen LogP contribution in [0.3, 0.4) is 0 Å². The first-order valence-corrected chi connectivity index (χ1v) is 13.5. The number of ether oxygens (including phenoxy) is 3. The summed E-state index contributed by atoms with van der Waals surface area (Å²) in [6.45, 7) is 12.2. The highest BCUT2D eigenvalue weighted by molar-refractivity contribution is 6.00. The van der Waals surface area contributed by atoms with E-state index in [1.54, 1.807) is 14.2 Å². The molecule has 2 heterocycles. The van der Waals surface area contributed by atoms with Crippen LogP contribution >= 0.6 is 0 Å².